The summed E-state index contributed by atoms with van der Waals surface area (Å²) in [6, 6.07) is 19.2. The van der Waals surface area contributed by atoms with Gasteiger partial charge in [-0.25, -0.2) is 15.0 Å². The molecule has 0 radical (unpaired) electrons. The number of aromatic nitrogens is 4. The zero-order chi connectivity index (χ0) is 22.9. The van der Waals surface area contributed by atoms with E-state index in [-0.39, 0.29) is 5.60 Å². The summed E-state index contributed by atoms with van der Waals surface area (Å²) in [6.45, 7) is 0.799. The second-order valence-corrected chi connectivity index (χ2v) is 8.38. The molecule has 7 heteroatoms. The predicted molar refractivity (Wildman–Crippen MR) is 132 cm³/mol. The van der Waals surface area contributed by atoms with Crippen molar-refractivity contribution in [3.05, 3.63) is 78.4 Å². The van der Waals surface area contributed by atoms with E-state index < -0.39 is 0 Å². The van der Waals surface area contributed by atoms with Crippen molar-refractivity contribution >= 4 is 17.0 Å². The van der Waals surface area contributed by atoms with E-state index in [2.05, 4.69) is 74.5 Å². The highest BCUT2D eigenvalue weighted by Gasteiger charge is 2.37. The van der Waals surface area contributed by atoms with Crippen LogP contribution >= 0.6 is 0 Å². The summed E-state index contributed by atoms with van der Waals surface area (Å²) in [5.41, 5.74) is 14.9. The van der Waals surface area contributed by atoms with Crippen molar-refractivity contribution in [3.63, 3.8) is 0 Å². The van der Waals surface area contributed by atoms with Gasteiger partial charge in [0, 0.05) is 0 Å². The minimum atomic E-state index is -0.168. The monoisotopic (exact) mass is 444 g/mol. The molecule has 0 bridgehead atoms. The SMILES string of the molecule is NCCCCCCC1(c2ccccc2)CCc2ccccc2O1.Nc1ncnc2nc[nH]c12. The first-order valence-corrected chi connectivity index (χ1v) is 11.6. The highest BCUT2D eigenvalue weighted by molar-refractivity contribution is 5.80. The second kappa shape index (κ2) is 10.9. The minimum absolute atomic E-state index is 0.168. The summed E-state index contributed by atoms with van der Waals surface area (Å²) in [5.74, 6) is 1.49. The highest BCUT2D eigenvalue weighted by Crippen LogP contribution is 2.42. The third-order valence-corrected chi connectivity index (χ3v) is 6.16. The van der Waals surface area contributed by atoms with Gasteiger partial charge in [0.1, 0.15) is 23.2 Å². The van der Waals surface area contributed by atoms with Crippen LogP contribution in [-0.2, 0) is 12.0 Å². The van der Waals surface area contributed by atoms with Crippen LogP contribution < -0.4 is 16.2 Å². The van der Waals surface area contributed by atoms with Crippen LogP contribution in [0.5, 0.6) is 5.75 Å². The molecule has 1 aliphatic rings. The number of hydrogen-bond donors (Lipinski definition) is 3. The number of nitrogens with two attached hydrogens (primary N) is 2. The Bertz CT molecular complexity index is 1150. The molecular weight excluding hydrogens is 412 g/mol. The topological polar surface area (TPSA) is 116 Å². The number of fused-ring (bicyclic) bond motifs is 2. The zero-order valence-electron chi connectivity index (χ0n) is 18.9. The number of ether oxygens (including phenoxy) is 1. The van der Waals surface area contributed by atoms with Gasteiger partial charge in [0.05, 0.1) is 6.33 Å². The molecule has 5 rings (SSSR count). The van der Waals surface area contributed by atoms with E-state index in [1.54, 1.807) is 0 Å². The number of anilines is 1. The van der Waals surface area contributed by atoms with E-state index in [0.29, 0.717) is 17.0 Å². The number of unbranched alkanes of at least 4 members (excludes halogenated alkanes) is 3. The lowest BCUT2D eigenvalue weighted by molar-refractivity contribution is 0.0311. The summed E-state index contributed by atoms with van der Waals surface area (Å²) in [6.07, 6.45) is 10.9. The van der Waals surface area contributed by atoms with E-state index in [4.69, 9.17) is 16.2 Å². The van der Waals surface area contributed by atoms with Gasteiger partial charge in [0.25, 0.3) is 0 Å². The van der Waals surface area contributed by atoms with Crippen molar-refractivity contribution in [1.29, 1.82) is 0 Å². The molecule has 1 aliphatic heterocycles. The first-order chi connectivity index (χ1) is 16.2. The van der Waals surface area contributed by atoms with Gasteiger partial charge >= 0.3 is 0 Å². The van der Waals surface area contributed by atoms with Gasteiger partial charge in [-0.2, -0.15) is 0 Å². The quantitative estimate of drug-likeness (QED) is 0.354. The van der Waals surface area contributed by atoms with E-state index in [1.807, 2.05) is 0 Å². The highest BCUT2D eigenvalue weighted by atomic mass is 16.5. The van der Waals surface area contributed by atoms with Crippen LogP contribution in [0.1, 0.15) is 49.7 Å². The second-order valence-electron chi connectivity index (χ2n) is 8.38. The third-order valence-electron chi connectivity index (χ3n) is 6.16. The number of aryl methyl sites for hydroxylation is 1. The van der Waals surface area contributed by atoms with Gasteiger partial charge in [-0.15, -0.1) is 0 Å². The first-order valence-electron chi connectivity index (χ1n) is 11.6. The van der Waals surface area contributed by atoms with Crippen molar-refractivity contribution in [2.75, 3.05) is 12.3 Å². The zero-order valence-corrected chi connectivity index (χ0v) is 18.9. The molecule has 0 aliphatic carbocycles. The number of nitrogens with one attached hydrogen (secondary N) is 1. The number of H-pyrrole nitrogens is 1. The Morgan fingerprint density at radius 3 is 2.52 bits per heavy atom. The average Bonchev–Trinajstić information content (AvgIpc) is 3.35. The Kier molecular flexibility index (Phi) is 7.52. The van der Waals surface area contributed by atoms with Crippen LogP contribution in [0, 0.1) is 0 Å². The maximum Gasteiger partial charge on any atom is 0.182 e. The van der Waals surface area contributed by atoms with Gasteiger partial charge < -0.3 is 21.2 Å². The minimum Gasteiger partial charge on any atom is -0.482 e. The predicted octanol–water partition coefficient (Wildman–Crippen LogP) is 4.75. The lowest BCUT2D eigenvalue weighted by Gasteiger charge is -2.39. The Morgan fingerprint density at radius 2 is 1.70 bits per heavy atom. The van der Waals surface area contributed by atoms with Gasteiger partial charge in [-0.05, 0) is 55.8 Å². The summed E-state index contributed by atoms with van der Waals surface area (Å²) in [4.78, 5) is 14.4. The molecule has 172 valence electrons. The molecule has 0 saturated heterocycles. The molecule has 0 amide bonds. The van der Waals surface area contributed by atoms with Crippen LogP contribution in [0.4, 0.5) is 5.82 Å². The normalized spacial score (nSPS) is 17.0. The largest absolute Gasteiger partial charge is 0.482 e. The Morgan fingerprint density at radius 1 is 0.909 bits per heavy atom. The molecule has 1 atom stereocenters. The molecule has 3 heterocycles. The van der Waals surface area contributed by atoms with Crippen molar-refractivity contribution in [1.82, 2.24) is 19.9 Å². The number of para-hydroxylation sites is 1. The van der Waals surface area contributed by atoms with E-state index in [0.717, 1.165) is 38.0 Å². The van der Waals surface area contributed by atoms with E-state index in [1.165, 1.54) is 43.0 Å². The van der Waals surface area contributed by atoms with E-state index in [9.17, 15) is 0 Å². The standard InChI is InChI=1S/C21H27NO.C5H5N5/c22-17-9-2-1-8-15-21(19-11-4-3-5-12-19)16-14-18-10-6-7-13-20(18)23-21;6-4-3-5(9-1-7-3)10-2-8-4/h3-7,10-13H,1-2,8-9,14-17,22H2;1-2H,(H3,6,7,8,9,10). The molecule has 7 nitrogen and oxygen atoms in total. The Labute approximate surface area is 194 Å². The lowest BCUT2D eigenvalue weighted by Crippen LogP contribution is -2.37. The number of rotatable bonds is 7. The number of benzene rings is 2. The van der Waals surface area contributed by atoms with Crippen molar-refractivity contribution in [2.45, 2.75) is 50.5 Å². The van der Waals surface area contributed by atoms with Crippen LogP contribution in [-0.4, -0.2) is 26.5 Å². The van der Waals surface area contributed by atoms with E-state index >= 15 is 0 Å². The maximum absolute atomic E-state index is 6.59. The number of hydrogen-bond acceptors (Lipinski definition) is 6. The molecule has 4 aromatic rings. The summed E-state index contributed by atoms with van der Waals surface area (Å²) in [7, 11) is 0. The summed E-state index contributed by atoms with van der Waals surface area (Å²) < 4.78 is 6.59. The molecule has 1 unspecified atom stereocenters. The van der Waals surface area contributed by atoms with Gasteiger partial charge in [0.15, 0.2) is 11.5 Å². The summed E-state index contributed by atoms with van der Waals surface area (Å²) >= 11 is 0. The maximum atomic E-state index is 6.59. The Hall–Kier alpha value is -3.45. The fourth-order valence-electron chi connectivity index (χ4n) is 4.37. The van der Waals surface area contributed by atoms with Crippen LogP contribution in [0.15, 0.2) is 67.3 Å². The smallest absolute Gasteiger partial charge is 0.182 e. The van der Waals surface area contributed by atoms with Gasteiger partial charge in [0.2, 0.25) is 0 Å². The first kappa shape index (κ1) is 22.7. The molecular formula is C26H32N6O. The molecule has 0 spiro atoms. The van der Waals surface area contributed by atoms with Crippen LogP contribution in [0.3, 0.4) is 0 Å². The third kappa shape index (κ3) is 5.49. The van der Waals surface area contributed by atoms with Gasteiger partial charge in [-0.1, -0.05) is 61.4 Å². The molecule has 5 N–H and O–H groups in total. The molecule has 0 saturated carbocycles. The summed E-state index contributed by atoms with van der Waals surface area (Å²) in [5, 5.41) is 0. The van der Waals surface area contributed by atoms with Crippen molar-refractivity contribution in [2.24, 2.45) is 5.73 Å². The van der Waals surface area contributed by atoms with Crippen molar-refractivity contribution < 1.29 is 4.74 Å². The van der Waals surface area contributed by atoms with Crippen LogP contribution in [0.2, 0.25) is 0 Å². The average molecular weight is 445 g/mol. The molecule has 33 heavy (non-hydrogen) atoms. The van der Waals surface area contributed by atoms with Crippen LogP contribution in [0.25, 0.3) is 11.2 Å². The number of nitrogens with zero attached hydrogens (tertiary/aromatic N) is 3. The number of nitrogen functional groups attached to an aromatic ring is 1. The number of imidazole rings is 1. The fraction of sp³-hybridized carbons (Fsp3) is 0.346. The fourth-order valence-corrected chi connectivity index (χ4v) is 4.37. The molecule has 2 aromatic heterocycles. The molecule has 0 fully saturated rings. The lowest BCUT2D eigenvalue weighted by atomic mass is 9.81. The molecule has 2 aromatic carbocycles. The Balaban J connectivity index is 0.000000214. The number of aromatic amines is 1. The van der Waals surface area contributed by atoms with Crippen molar-refractivity contribution in [3.8, 4) is 5.75 Å². The van der Waals surface area contributed by atoms with Gasteiger partial charge in [-0.3, -0.25) is 0 Å².